The van der Waals surface area contributed by atoms with Crippen molar-refractivity contribution in [3.63, 3.8) is 0 Å². The zero-order valence-corrected chi connectivity index (χ0v) is 14.8. The van der Waals surface area contributed by atoms with Gasteiger partial charge < -0.3 is 10.2 Å². The summed E-state index contributed by atoms with van der Waals surface area (Å²) in [5, 5.41) is 12.6. The van der Waals surface area contributed by atoms with Crippen molar-refractivity contribution in [1.82, 2.24) is 15.0 Å². The van der Waals surface area contributed by atoms with Crippen LogP contribution in [-0.4, -0.2) is 46.5 Å². The smallest absolute Gasteiger partial charge is 0.189 e. The molecule has 0 spiro atoms. The third-order valence-corrected chi connectivity index (χ3v) is 4.85. The number of halogens is 1. The fourth-order valence-electron chi connectivity index (χ4n) is 2.77. The van der Waals surface area contributed by atoms with Gasteiger partial charge in [-0.1, -0.05) is 11.8 Å². The minimum absolute atomic E-state index is 0.233. The molecule has 1 aliphatic heterocycles. The summed E-state index contributed by atoms with van der Waals surface area (Å²) < 4.78 is 15.1. The molecule has 1 N–H and O–H groups in total. The van der Waals surface area contributed by atoms with Crippen molar-refractivity contribution >= 4 is 23.3 Å². The first-order chi connectivity index (χ1) is 12.1. The minimum atomic E-state index is -1.26. The number of nitriles is 1. The van der Waals surface area contributed by atoms with E-state index in [2.05, 4.69) is 25.2 Å². The maximum absolute atomic E-state index is 15.1. The summed E-state index contributed by atoms with van der Waals surface area (Å²) in [6, 6.07) is 7.30. The van der Waals surface area contributed by atoms with E-state index in [1.54, 1.807) is 24.5 Å². The summed E-state index contributed by atoms with van der Waals surface area (Å²) in [6.45, 7) is 1.47. The zero-order chi connectivity index (χ0) is 17.7. The molecule has 0 bridgehead atoms. The van der Waals surface area contributed by atoms with Crippen LogP contribution in [0.4, 0.5) is 15.9 Å². The highest BCUT2D eigenvalue weighted by Crippen LogP contribution is 2.29. The first kappa shape index (κ1) is 17.4. The van der Waals surface area contributed by atoms with Gasteiger partial charge in [0.05, 0.1) is 18.4 Å². The lowest BCUT2D eigenvalue weighted by Crippen LogP contribution is -2.45. The average molecular weight is 358 g/mol. The van der Waals surface area contributed by atoms with Crippen LogP contribution < -0.4 is 10.2 Å². The van der Waals surface area contributed by atoms with Crippen LogP contribution in [0.3, 0.4) is 0 Å². The topological polar surface area (TPSA) is 77.7 Å². The summed E-state index contributed by atoms with van der Waals surface area (Å²) in [5.41, 5.74) is 0.0507. The standard InChI is InChI=1S/C17H19FN6S/c1-25-16-20-7-4-15(23-16)22-12-17(18)5-8-24(9-6-17)14-3-2-13(10-19)21-11-14/h2-4,7,11H,5-6,8-9,12H2,1H3,(H,20,22,23). The van der Waals surface area contributed by atoms with Crippen LogP contribution in [-0.2, 0) is 0 Å². The van der Waals surface area contributed by atoms with E-state index in [4.69, 9.17) is 5.26 Å². The van der Waals surface area contributed by atoms with Crippen molar-refractivity contribution < 1.29 is 4.39 Å². The third kappa shape index (κ3) is 4.37. The predicted molar refractivity (Wildman–Crippen MR) is 96.5 cm³/mol. The van der Waals surface area contributed by atoms with Gasteiger partial charge in [0.25, 0.3) is 0 Å². The highest BCUT2D eigenvalue weighted by molar-refractivity contribution is 7.98. The first-order valence-corrected chi connectivity index (χ1v) is 9.25. The minimum Gasteiger partial charge on any atom is -0.370 e. The molecule has 0 aliphatic carbocycles. The summed E-state index contributed by atoms with van der Waals surface area (Å²) >= 11 is 1.46. The maximum Gasteiger partial charge on any atom is 0.189 e. The van der Waals surface area contributed by atoms with E-state index in [1.165, 1.54) is 11.8 Å². The average Bonchev–Trinajstić information content (AvgIpc) is 2.67. The Morgan fingerprint density at radius 1 is 1.32 bits per heavy atom. The summed E-state index contributed by atoms with van der Waals surface area (Å²) in [7, 11) is 0. The van der Waals surface area contributed by atoms with E-state index >= 15 is 4.39 Å². The molecule has 25 heavy (non-hydrogen) atoms. The molecule has 0 radical (unpaired) electrons. The van der Waals surface area contributed by atoms with E-state index in [-0.39, 0.29) is 6.54 Å². The number of hydrogen-bond acceptors (Lipinski definition) is 7. The number of pyridine rings is 1. The molecule has 0 unspecified atom stereocenters. The summed E-state index contributed by atoms with van der Waals surface area (Å²) in [6.07, 6.45) is 6.11. The van der Waals surface area contributed by atoms with Gasteiger partial charge in [0.15, 0.2) is 5.16 Å². The molecule has 0 saturated carbocycles. The van der Waals surface area contributed by atoms with Gasteiger partial charge >= 0.3 is 0 Å². The third-order valence-electron chi connectivity index (χ3n) is 4.29. The second-order valence-electron chi connectivity index (χ2n) is 5.93. The number of piperidine rings is 1. The van der Waals surface area contributed by atoms with Crippen LogP contribution in [0.25, 0.3) is 0 Å². The Hall–Kier alpha value is -2.40. The molecule has 130 valence electrons. The quantitative estimate of drug-likeness (QED) is 0.650. The van der Waals surface area contributed by atoms with Gasteiger partial charge in [-0.05, 0) is 24.5 Å². The van der Waals surface area contributed by atoms with Gasteiger partial charge in [0.1, 0.15) is 23.2 Å². The Morgan fingerprint density at radius 3 is 2.76 bits per heavy atom. The van der Waals surface area contributed by atoms with E-state index in [0.29, 0.717) is 42.6 Å². The van der Waals surface area contributed by atoms with Crippen LogP contribution in [0.15, 0.2) is 35.7 Å². The lowest BCUT2D eigenvalue weighted by Gasteiger charge is -2.37. The van der Waals surface area contributed by atoms with Crippen LogP contribution in [0.2, 0.25) is 0 Å². The fourth-order valence-corrected chi connectivity index (χ4v) is 3.12. The van der Waals surface area contributed by atoms with Gasteiger partial charge in [0, 0.05) is 32.1 Å². The summed E-state index contributed by atoms with van der Waals surface area (Å²) in [5.74, 6) is 0.648. The van der Waals surface area contributed by atoms with Crippen LogP contribution in [0.1, 0.15) is 18.5 Å². The van der Waals surface area contributed by atoms with E-state index in [9.17, 15) is 0 Å². The lowest BCUT2D eigenvalue weighted by atomic mass is 9.93. The van der Waals surface area contributed by atoms with Crippen LogP contribution >= 0.6 is 11.8 Å². The molecule has 2 aromatic rings. The second kappa shape index (κ2) is 7.66. The number of thioether (sulfide) groups is 1. The van der Waals surface area contributed by atoms with Crippen LogP contribution in [0.5, 0.6) is 0 Å². The van der Waals surface area contributed by atoms with Crippen molar-refractivity contribution in [2.75, 3.05) is 36.1 Å². The fraction of sp³-hybridized carbons (Fsp3) is 0.412. The van der Waals surface area contributed by atoms with Gasteiger partial charge in [0.2, 0.25) is 0 Å². The molecule has 2 aromatic heterocycles. The number of alkyl halides is 1. The largest absolute Gasteiger partial charge is 0.370 e. The molecule has 0 atom stereocenters. The highest BCUT2D eigenvalue weighted by Gasteiger charge is 2.34. The van der Waals surface area contributed by atoms with Crippen LogP contribution in [0, 0.1) is 11.3 Å². The van der Waals surface area contributed by atoms with Gasteiger partial charge in [-0.15, -0.1) is 0 Å². The second-order valence-corrected chi connectivity index (χ2v) is 6.71. The molecule has 1 fully saturated rings. The Bertz CT molecular complexity index is 752. The first-order valence-electron chi connectivity index (χ1n) is 8.03. The molecule has 3 rings (SSSR count). The lowest BCUT2D eigenvalue weighted by molar-refractivity contribution is 0.140. The summed E-state index contributed by atoms with van der Waals surface area (Å²) in [4.78, 5) is 14.6. The molecule has 1 saturated heterocycles. The van der Waals surface area contributed by atoms with E-state index in [1.807, 2.05) is 18.4 Å². The van der Waals surface area contributed by atoms with Crippen molar-refractivity contribution in [2.45, 2.75) is 23.7 Å². The molecular weight excluding hydrogens is 339 g/mol. The maximum atomic E-state index is 15.1. The number of anilines is 2. The monoisotopic (exact) mass is 358 g/mol. The molecular formula is C17H19FN6S. The Labute approximate surface area is 150 Å². The highest BCUT2D eigenvalue weighted by atomic mass is 32.2. The molecule has 1 aliphatic rings. The number of nitrogens with one attached hydrogen (secondary N) is 1. The number of aromatic nitrogens is 3. The Kier molecular flexibility index (Phi) is 5.34. The Morgan fingerprint density at radius 2 is 2.12 bits per heavy atom. The molecule has 6 nitrogen and oxygen atoms in total. The van der Waals surface area contributed by atoms with Crippen molar-refractivity contribution in [2.24, 2.45) is 0 Å². The number of hydrogen-bond donors (Lipinski definition) is 1. The number of rotatable bonds is 5. The van der Waals surface area contributed by atoms with Gasteiger partial charge in [-0.25, -0.2) is 19.3 Å². The normalized spacial score (nSPS) is 16.3. The van der Waals surface area contributed by atoms with E-state index < -0.39 is 5.67 Å². The number of nitrogens with zero attached hydrogens (tertiary/aromatic N) is 5. The predicted octanol–water partition coefficient (Wildman–Crippen LogP) is 2.89. The van der Waals surface area contributed by atoms with Gasteiger partial charge in [-0.3, -0.25) is 0 Å². The van der Waals surface area contributed by atoms with E-state index in [0.717, 1.165) is 5.69 Å². The molecule has 3 heterocycles. The SMILES string of the molecule is CSc1nccc(NCC2(F)CCN(c3ccc(C#N)nc3)CC2)n1. The molecule has 8 heteroatoms. The van der Waals surface area contributed by atoms with Crippen molar-refractivity contribution in [1.29, 1.82) is 5.26 Å². The zero-order valence-electron chi connectivity index (χ0n) is 13.9. The van der Waals surface area contributed by atoms with Crippen molar-refractivity contribution in [3.8, 4) is 6.07 Å². The molecule has 0 aromatic carbocycles. The van der Waals surface area contributed by atoms with Crippen molar-refractivity contribution in [3.05, 3.63) is 36.3 Å². The van der Waals surface area contributed by atoms with Gasteiger partial charge in [-0.2, -0.15) is 5.26 Å². The Balaban J connectivity index is 1.55. The molecule has 0 amide bonds.